The average molecular weight is 575 g/mol. The van der Waals surface area contributed by atoms with Crippen molar-refractivity contribution in [2.24, 2.45) is 11.8 Å². The van der Waals surface area contributed by atoms with Crippen LogP contribution in [0.25, 0.3) is 11.1 Å². The normalized spacial score (nSPS) is 23.0. The highest BCUT2D eigenvalue weighted by Crippen LogP contribution is 2.50. The van der Waals surface area contributed by atoms with Gasteiger partial charge in [-0.3, -0.25) is 0 Å². The molecule has 6 rings (SSSR count). The van der Waals surface area contributed by atoms with Gasteiger partial charge in [0.25, 0.3) is 0 Å². The van der Waals surface area contributed by atoms with E-state index in [0.29, 0.717) is 35.3 Å². The van der Waals surface area contributed by atoms with E-state index in [-0.39, 0.29) is 24.4 Å². The largest absolute Gasteiger partial charge is 0.508 e. The predicted octanol–water partition coefficient (Wildman–Crippen LogP) is 6.04. The number of hydrogen-bond acceptors (Lipinski definition) is 7. The van der Waals surface area contributed by atoms with Crippen LogP contribution in [-0.2, 0) is 25.7 Å². The van der Waals surface area contributed by atoms with E-state index in [1.807, 2.05) is 12.1 Å². The van der Waals surface area contributed by atoms with E-state index in [1.54, 1.807) is 25.3 Å². The number of fused-ring (bicyclic) bond motifs is 5. The van der Waals surface area contributed by atoms with Gasteiger partial charge in [-0.1, -0.05) is 19.9 Å². The molecule has 4 N–H and O–H groups in total. The van der Waals surface area contributed by atoms with E-state index in [4.69, 9.17) is 14.2 Å². The first-order valence-electron chi connectivity index (χ1n) is 15.3. The van der Waals surface area contributed by atoms with Crippen molar-refractivity contribution in [3.8, 4) is 39.9 Å². The first-order valence-corrected chi connectivity index (χ1v) is 15.3. The Hall–Kier alpha value is -3.42. The smallest absolute Gasteiger partial charge is 0.161 e. The molecule has 0 saturated heterocycles. The summed E-state index contributed by atoms with van der Waals surface area (Å²) < 4.78 is 18.6. The zero-order valence-electron chi connectivity index (χ0n) is 24.7. The zero-order chi connectivity index (χ0) is 29.5. The second kappa shape index (κ2) is 11.7. The van der Waals surface area contributed by atoms with Crippen LogP contribution in [0.4, 0.5) is 0 Å². The number of aliphatic hydroxyl groups excluding tert-OH is 2. The molecule has 42 heavy (non-hydrogen) atoms. The average Bonchev–Trinajstić information content (AvgIpc) is 2.98. The summed E-state index contributed by atoms with van der Waals surface area (Å²) in [5.41, 5.74) is 6.97. The molecule has 1 saturated carbocycles. The minimum Gasteiger partial charge on any atom is -0.508 e. The third kappa shape index (κ3) is 5.40. The van der Waals surface area contributed by atoms with Crippen LogP contribution in [0, 0.1) is 11.8 Å². The van der Waals surface area contributed by atoms with Crippen molar-refractivity contribution in [1.29, 1.82) is 0 Å². The van der Waals surface area contributed by atoms with Crippen LogP contribution < -0.4 is 14.2 Å². The number of aryl methyl sites for hydroxylation is 1. The van der Waals surface area contributed by atoms with Gasteiger partial charge in [0.15, 0.2) is 11.5 Å². The fraction of sp³-hybridized carbons (Fsp3) is 0.486. The Morgan fingerprint density at radius 2 is 1.81 bits per heavy atom. The second-order valence-corrected chi connectivity index (χ2v) is 12.6. The van der Waals surface area contributed by atoms with Gasteiger partial charge in [0.2, 0.25) is 0 Å². The molecular formula is C35H42O7. The Kier molecular flexibility index (Phi) is 7.99. The second-order valence-electron chi connectivity index (χ2n) is 12.6. The van der Waals surface area contributed by atoms with Crippen molar-refractivity contribution >= 4 is 0 Å². The van der Waals surface area contributed by atoms with Crippen molar-refractivity contribution in [2.75, 3.05) is 13.7 Å². The highest BCUT2D eigenvalue weighted by molar-refractivity contribution is 5.82. The van der Waals surface area contributed by atoms with Gasteiger partial charge in [0, 0.05) is 30.2 Å². The molecule has 3 aromatic rings. The number of hydrogen-bond donors (Lipinski definition) is 4. The van der Waals surface area contributed by atoms with E-state index in [0.717, 1.165) is 83.9 Å². The fourth-order valence-electron chi connectivity index (χ4n) is 7.08. The molecule has 1 aliphatic heterocycles. The first-order chi connectivity index (χ1) is 20.2. The Labute approximate surface area is 247 Å². The van der Waals surface area contributed by atoms with E-state index in [1.165, 1.54) is 0 Å². The molecule has 224 valence electrons. The minimum atomic E-state index is -0.793. The summed E-state index contributed by atoms with van der Waals surface area (Å²) in [6.45, 7) is 4.43. The van der Waals surface area contributed by atoms with Gasteiger partial charge in [-0.2, -0.15) is 0 Å². The summed E-state index contributed by atoms with van der Waals surface area (Å²) in [7, 11) is 1.66. The number of methoxy groups -OCH3 is 1. The summed E-state index contributed by atoms with van der Waals surface area (Å²) in [6.07, 6.45) is 4.86. The third-order valence-electron chi connectivity index (χ3n) is 9.15. The summed E-state index contributed by atoms with van der Waals surface area (Å²) >= 11 is 0. The summed E-state index contributed by atoms with van der Waals surface area (Å²) in [4.78, 5) is 0. The van der Waals surface area contributed by atoms with E-state index < -0.39 is 12.2 Å². The number of ether oxygens (including phenoxy) is 3. The maximum absolute atomic E-state index is 11.4. The standard InChI is InChI=1S/C35H42O7/c1-19(2)11-23-13-26-21(14-29(23)38)7-9-25-27-16-30(39)35(42-31(27)17-33(40-3)34(25)26)22-8-10-28(37)32(15-22)41-24-6-4-5-20(12-24)18-36/h8,10,13-15,17,19-20,24,30,35-39H,4-7,9,11-12,16,18H2,1-3H3. The van der Waals surface area contributed by atoms with Crippen LogP contribution in [0.5, 0.6) is 28.7 Å². The van der Waals surface area contributed by atoms with E-state index in [9.17, 15) is 20.4 Å². The van der Waals surface area contributed by atoms with E-state index >= 15 is 0 Å². The number of aliphatic hydroxyl groups is 2. The topological polar surface area (TPSA) is 109 Å². The maximum atomic E-state index is 11.4. The molecule has 3 aromatic carbocycles. The lowest BCUT2D eigenvalue weighted by Crippen LogP contribution is -2.31. The lowest BCUT2D eigenvalue weighted by Gasteiger charge is -2.35. The number of phenols is 2. The van der Waals surface area contributed by atoms with Crippen LogP contribution in [0.1, 0.15) is 73.5 Å². The Morgan fingerprint density at radius 3 is 2.57 bits per heavy atom. The summed E-state index contributed by atoms with van der Waals surface area (Å²) in [5, 5.41) is 42.3. The third-order valence-corrected chi connectivity index (χ3v) is 9.15. The molecule has 0 bridgehead atoms. The number of benzene rings is 3. The molecular weight excluding hydrogens is 532 g/mol. The van der Waals surface area contributed by atoms with Crippen molar-refractivity contribution in [3.05, 3.63) is 64.2 Å². The van der Waals surface area contributed by atoms with Gasteiger partial charge in [-0.25, -0.2) is 0 Å². The van der Waals surface area contributed by atoms with Crippen molar-refractivity contribution in [1.82, 2.24) is 0 Å². The predicted molar refractivity (Wildman–Crippen MR) is 161 cm³/mol. The highest BCUT2D eigenvalue weighted by atomic mass is 16.5. The monoisotopic (exact) mass is 574 g/mol. The quantitative estimate of drug-likeness (QED) is 0.273. The van der Waals surface area contributed by atoms with Gasteiger partial charge >= 0.3 is 0 Å². The SMILES string of the molecule is COc1cc2c(c3c1-c1cc(CC(C)C)c(O)cc1CC3)CC(O)C(c1ccc(O)c(OC3CCCC(CO)C3)c1)O2. The van der Waals surface area contributed by atoms with Gasteiger partial charge in [0.1, 0.15) is 23.4 Å². The summed E-state index contributed by atoms with van der Waals surface area (Å²) in [5.74, 6) is 2.80. The van der Waals surface area contributed by atoms with Crippen LogP contribution in [0.2, 0.25) is 0 Å². The van der Waals surface area contributed by atoms with Gasteiger partial charge in [-0.05, 0) is 109 Å². The molecule has 2 aliphatic carbocycles. The molecule has 0 radical (unpaired) electrons. The maximum Gasteiger partial charge on any atom is 0.161 e. The van der Waals surface area contributed by atoms with Crippen molar-refractivity contribution < 1.29 is 34.6 Å². The zero-order valence-corrected chi connectivity index (χ0v) is 24.7. The molecule has 0 spiro atoms. The van der Waals surface area contributed by atoms with Crippen LogP contribution in [0.15, 0.2) is 36.4 Å². The molecule has 3 aliphatic rings. The van der Waals surface area contributed by atoms with Crippen molar-refractivity contribution in [2.45, 2.75) is 83.5 Å². The van der Waals surface area contributed by atoms with Gasteiger partial charge in [-0.15, -0.1) is 0 Å². The Bertz CT molecular complexity index is 1460. The lowest BCUT2D eigenvalue weighted by molar-refractivity contribution is 0.0200. The Morgan fingerprint density at radius 1 is 0.976 bits per heavy atom. The molecule has 4 atom stereocenters. The molecule has 7 heteroatoms. The van der Waals surface area contributed by atoms with E-state index in [2.05, 4.69) is 19.9 Å². The fourth-order valence-corrected chi connectivity index (χ4v) is 7.08. The molecule has 0 amide bonds. The van der Waals surface area contributed by atoms with Gasteiger partial charge in [0.05, 0.1) is 19.3 Å². The first kappa shape index (κ1) is 28.7. The number of phenolic OH excluding ortho intramolecular Hbond substituents is 2. The van der Waals surface area contributed by atoms with Crippen LogP contribution in [0.3, 0.4) is 0 Å². The van der Waals surface area contributed by atoms with Crippen molar-refractivity contribution in [3.63, 3.8) is 0 Å². The molecule has 0 aromatic heterocycles. The Balaban J connectivity index is 1.32. The molecule has 4 unspecified atom stereocenters. The molecule has 1 fully saturated rings. The van der Waals surface area contributed by atoms with Crippen LogP contribution in [-0.4, -0.2) is 46.4 Å². The molecule has 7 nitrogen and oxygen atoms in total. The minimum absolute atomic E-state index is 0.0489. The number of rotatable bonds is 7. The lowest BCUT2D eigenvalue weighted by atomic mass is 9.79. The van der Waals surface area contributed by atoms with Gasteiger partial charge < -0.3 is 34.6 Å². The molecule has 1 heterocycles. The summed E-state index contributed by atoms with van der Waals surface area (Å²) in [6, 6.07) is 11.1. The highest BCUT2D eigenvalue weighted by Gasteiger charge is 2.36. The number of aromatic hydroxyl groups is 2. The van der Waals surface area contributed by atoms with Crippen LogP contribution >= 0.6 is 0 Å².